The lowest BCUT2D eigenvalue weighted by Crippen LogP contribution is -2.12. The van der Waals surface area contributed by atoms with Crippen LogP contribution in [0.3, 0.4) is 0 Å². The highest BCUT2D eigenvalue weighted by molar-refractivity contribution is 6.35. The molecule has 128 valence electrons. The second-order valence-electron chi connectivity index (χ2n) is 4.85. The van der Waals surface area contributed by atoms with Crippen molar-refractivity contribution in [1.82, 2.24) is 0 Å². The summed E-state index contributed by atoms with van der Waals surface area (Å²) in [5.74, 6) is -1.87. The van der Waals surface area contributed by atoms with Gasteiger partial charge >= 0.3 is 12.1 Å². The number of hydrogen-bond donors (Lipinski definition) is 1. The summed E-state index contributed by atoms with van der Waals surface area (Å²) >= 11 is 11.8. The fourth-order valence-electron chi connectivity index (χ4n) is 2.00. The Kier molecular flexibility index (Phi) is 5.62. The first kappa shape index (κ1) is 18.4. The Morgan fingerprint density at radius 3 is 2.42 bits per heavy atom. The Balaban J connectivity index is 2.18. The fourth-order valence-corrected chi connectivity index (χ4v) is 2.51. The number of rotatable bonds is 5. The number of carboxylic acids is 1. The lowest BCUT2D eigenvalue weighted by molar-refractivity contribution is -0.138. The van der Waals surface area contributed by atoms with Crippen LogP contribution in [-0.4, -0.2) is 17.7 Å². The number of halogens is 5. The Labute approximate surface area is 145 Å². The zero-order valence-electron chi connectivity index (χ0n) is 12.0. The molecule has 0 aliphatic carbocycles. The zero-order valence-corrected chi connectivity index (χ0v) is 13.5. The summed E-state index contributed by atoms with van der Waals surface area (Å²) in [6.45, 7) is -0.104. The minimum atomic E-state index is -4.65. The molecule has 0 heterocycles. The van der Waals surface area contributed by atoms with Gasteiger partial charge in [0.1, 0.15) is 5.75 Å². The molecule has 0 aromatic heterocycles. The molecule has 1 N–H and O–H groups in total. The Morgan fingerprint density at radius 2 is 1.83 bits per heavy atom. The smallest absolute Gasteiger partial charge is 0.419 e. The third kappa shape index (κ3) is 4.55. The molecule has 2 rings (SSSR count). The number of benzene rings is 2. The van der Waals surface area contributed by atoms with Crippen molar-refractivity contribution in [2.45, 2.75) is 12.6 Å². The summed E-state index contributed by atoms with van der Waals surface area (Å²) in [5, 5.41) is 9.72. The summed E-state index contributed by atoms with van der Waals surface area (Å²) in [6, 6.07) is 7.20. The maximum Gasteiger partial charge on any atom is 0.419 e. The molecule has 2 aromatic rings. The molecule has 8 heteroatoms. The van der Waals surface area contributed by atoms with E-state index >= 15 is 0 Å². The number of aromatic carboxylic acids is 1. The highest BCUT2D eigenvalue weighted by atomic mass is 35.5. The van der Waals surface area contributed by atoms with Gasteiger partial charge in [-0.2, -0.15) is 13.2 Å². The maximum atomic E-state index is 13.0. The molecule has 0 saturated carbocycles. The summed E-state index contributed by atoms with van der Waals surface area (Å²) in [6.07, 6.45) is -4.41. The molecule has 0 unspecified atom stereocenters. The van der Waals surface area contributed by atoms with Crippen LogP contribution in [0.1, 0.15) is 21.5 Å². The van der Waals surface area contributed by atoms with Gasteiger partial charge in [-0.25, -0.2) is 4.79 Å². The number of carboxylic acid groups (broad SMARTS) is 1. The molecule has 2 aromatic carbocycles. The molecular formula is C16H11Cl2F3O3. The van der Waals surface area contributed by atoms with Crippen molar-refractivity contribution in [3.8, 4) is 5.75 Å². The van der Waals surface area contributed by atoms with Gasteiger partial charge in [-0.05, 0) is 35.9 Å². The zero-order chi connectivity index (χ0) is 17.9. The van der Waals surface area contributed by atoms with Crippen LogP contribution in [-0.2, 0) is 12.6 Å². The normalized spacial score (nSPS) is 11.4. The van der Waals surface area contributed by atoms with Gasteiger partial charge in [0.2, 0.25) is 0 Å². The van der Waals surface area contributed by atoms with Crippen molar-refractivity contribution in [2.75, 3.05) is 6.61 Å². The van der Waals surface area contributed by atoms with Crippen LogP contribution < -0.4 is 4.74 Å². The molecule has 0 aliphatic rings. The molecule has 0 spiro atoms. The predicted octanol–water partition coefficient (Wildman–Crippen LogP) is 5.33. The first-order chi connectivity index (χ1) is 11.2. The van der Waals surface area contributed by atoms with Crippen molar-refractivity contribution >= 4 is 29.2 Å². The first-order valence-electron chi connectivity index (χ1n) is 6.70. The van der Waals surface area contributed by atoms with E-state index in [1.54, 1.807) is 12.1 Å². The SMILES string of the molecule is O=C(O)c1ccc(C(F)(F)F)c(OCCc2ccc(Cl)cc2Cl)c1. The molecule has 0 amide bonds. The minimum absolute atomic E-state index is 0.104. The summed E-state index contributed by atoms with van der Waals surface area (Å²) < 4.78 is 44.1. The molecule has 0 aliphatic heterocycles. The first-order valence-corrected chi connectivity index (χ1v) is 7.45. The third-order valence-corrected chi connectivity index (χ3v) is 3.76. The molecule has 3 nitrogen and oxygen atoms in total. The number of ether oxygens (including phenoxy) is 1. The van der Waals surface area contributed by atoms with Crippen molar-refractivity contribution in [2.24, 2.45) is 0 Å². The topological polar surface area (TPSA) is 46.5 Å². The molecule has 0 atom stereocenters. The van der Waals surface area contributed by atoms with Crippen molar-refractivity contribution in [3.05, 3.63) is 63.1 Å². The van der Waals surface area contributed by atoms with Gasteiger partial charge in [0.25, 0.3) is 0 Å². The van der Waals surface area contributed by atoms with E-state index in [0.717, 1.165) is 12.1 Å². The van der Waals surface area contributed by atoms with Gasteiger partial charge in [-0.15, -0.1) is 0 Å². The largest absolute Gasteiger partial charge is 0.493 e. The van der Waals surface area contributed by atoms with E-state index in [9.17, 15) is 18.0 Å². The molecule has 0 saturated heterocycles. The standard InChI is InChI=1S/C16H11Cl2F3O3/c17-11-3-1-9(13(18)8-11)5-6-24-14-7-10(15(22)23)2-4-12(14)16(19,20)21/h1-4,7-8H,5-6H2,(H,22,23). The predicted molar refractivity (Wildman–Crippen MR) is 84.1 cm³/mol. The monoisotopic (exact) mass is 378 g/mol. The molecule has 0 radical (unpaired) electrons. The van der Waals surface area contributed by atoms with Crippen LogP contribution >= 0.6 is 23.2 Å². The van der Waals surface area contributed by atoms with E-state index in [-0.39, 0.29) is 18.6 Å². The summed E-state index contributed by atoms with van der Waals surface area (Å²) in [5.41, 5.74) is -0.666. The number of carbonyl (C=O) groups is 1. The van der Waals surface area contributed by atoms with Crippen molar-refractivity contribution in [1.29, 1.82) is 0 Å². The minimum Gasteiger partial charge on any atom is -0.493 e. The summed E-state index contributed by atoms with van der Waals surface area (Å²) in [4.78, 5) is 10.9. The van der Waals surface area contributed by atoms with Gasteiger partial charge in [0.15, 0.2) is 0 Å². The quantitative estimate of drug-likeness (QED) is 0.764. The van der Waals surface area contributed by atoms with E-state index < -0.39 is 23.5 Å². The average Bonchev–Trinajstić information content (AvgIpc) is 2.48. The van der Waals surface area contributed by atoms with E-state index in [4.69, 9.17) is 33.0 Å². The second kappa shape index (κ2) is 7.32. The second-order valence-corrected chi connectivity index (χ2v) is 5.69. The molecule has 0 bridgehead atoms. The Hall–Kier alpha value is -1.92. The highest BCUT2D eigenvalue weighted by Gasteiger charge is 2.34. The van der Waals surface area contributed by atoms with Gasteiger partial charge in [-0.1, -0.05) is 29.3 Å². The fraction of sp³-hybridized carbons (Fsp3) is 0.188. The third-order valence-electron chi connectivity index (χ3n) is 3.18. The molecule has 0 fully saturated rings. The van der Waals surface area contributed by atoms with Gasteiger partial charge < -0.3 is 9.84 Å². The van der Waals surface area contributed by atoms with Gasteiger partial charge in [-0.3, -0.25) is 0 Å². The van der Waals surface area contributed by atoms with Crippen LogP contribution in [0.15, 0.2) is 36.4 Å². The molecule has 24 heavy (non-hydrogen) atoms. The Bertz CT molecular complexity index is 761. The summed E-state index contributed by atoms with van der Waals surface area (Å²) in [7, 11) is 0. The molecular weight excluding hydrogens is 368 g/mol. The highest BCUT2D eigenvalue weighted by Crippen LogP contribution is 2.37. The van der Waals surface area contributed by atoms with E-state index in [2.05, 4.69) is 0 Å². The number of hydrogen-bond acceptors (Lipinski definition) is 2. The van der Waals surface area contributed by atoms with Crippen LogP contribution in [0.2, 0.25) is 10.0 Å². The maximum absolute atomic E-state index is 13.0. The average molecular weight is 379 g/mol. The van der Waals surface area contributed by atoms with E-state index in [1.807, 2.05) is 0 Å². The lowest BCUT2D eigenvalue weighted by Gasteiger charge is -2.15. The van der Waals surface area contributed by atoms with Crippen molar-refractivity contribution in [3.63, 3.8) is 0 Å². The van der Waals surface area contributed by atoms with Gasteiger partial charge in [0.05, 0.1) is 17.7 Å². The van der Waals surface area contributed by atoms with Crippen LogP contribution in [0, 0.1) is 0 Å². The Morgan fingerprint density at radius 1 is 1.12 bits per heavy atom. The van der Waals surface area contributed by atoms with Crippen molar-refractivity contribution < 1.29 is 27.8 Å². The van der Waals surface area contributed by atoms with Crippen LogP contribution in [0.5, 0.6) is 5.75 Å². The van der Waals surface area contributed by atoms with Crippen LogP contribution in [0.25, 0.3) is 0 Å². The van der Waals surface area contributed by atoms with E-state index in [1.165, 1.54) is 6.07 Å². The van der Waals surface area contributed by atoms with Crippen LogP contribution in [0.4, 0.5) is 13.2 Å². The van der Waals surface area contributed by atoms with E-state index in [0.29, 0.717) is 21.7 Å². The number of alkyl halides is 3. The lowest BCUT2D eigenvalue weighted by atomic mass is 10.1. The van der Waals surface area contributed by atoms with Gasteiger partial charge in [0, 0.05) is 16.5 Å².